The van der Waals surface area contributed by atoms with Gasteiger partial charge in [0.05, 0.1) is 0 Å². The molecular formula is C17H15F3O5S. The normalized spacial score (nSPS) is 14.5. The minimum absolute atomic E-state index is 0.151. The molecule has 0 aliphatic heterocycles. The van der Waals surface area contributed by atoms with Gasteiger partial charge in [-0.1, -0.05) is 60.7 Å². The number of ether oxygens (including phenoxy) is 1. The van der Waals surface area contributed by atoms with E-state index in [9.17, 15) is 31.5 Å². The van der Waals surface area contributed by atoms with Gasteiger partial charge in [-0.25, -0.2) is 8.42 Å². The highest BCUT2D eigenvalue weighted by Gasteiger charge is 2.57. The van der Waals surface area contributed by atoms with Gasteiger partial charge in [-0.3, -0.25) is 4.79 Å². The maximum atomic E-state index is 13.0. The Morgan fingerprint density at radius 1 is 1.00 bits per heavy atom. The fourth-order valence-electron chi connectivity index (χ4n) is 2.21. The largest absolute Gasteiger partial charge is 0.498 e. The maximum absolute atomic E-state index is 13.0. The number of aliphatic hydroxyl groups excluding tert-OH is 1. The van der Waals surface area contributed by atoms with Crippen molar-refractivity contribution in [1.29, 1.82) is 0 Å². The summed E-state index contributed by atoms with van der Waals surface area (Å²) in [5.74, 6) is -1.68. The molecule has 0 aliphatic carbocycles. The van der Waals surface area contributed by atoms with Crippen molar-refractivity contribution in [3.8, 4) is 0 Å². The smallest absolute Gasteiger partial charge is 0.460 e. The van der Waals surface area contributed by atoms with Crippen molar-refractivity contribution in [2.45, 2.75) is 23.5 Å². The van der Waals surface area contributed by atoms with Gasteiger partial charge in [0.2, 0.25) is 0 Å². The van der Waals surface area contributed by atoms with E-state index < -0.39 is 39.3 Å². The zero-order chi connectivity index (χ0) is 19.4. The Morgan fingerprint density at radius 3 is 2.00 bits per heavy atom. The van der Waals surface area contributed by atoms with Crippen LogP contribution in [-0.4, -0.2) is 30.3 Å². The molecule has 0 amide bonds. The number of benzene rings is 2. The summed E-state index contributed by atoms with van der Waals surface area (Å²) in [5.41, 5.74) is -5.42. The average molecular weight is 388 g/mol. The number of sulfone groups is 1. The van der Waals surface area contributed by atoms with E-state index in [1.807, 2.05) is 0 Å². The third-order valence-electron chi connectivity index (χ3n) is 3.54. The molecule has 0 unspecified atom stereocenters. The summed E-state index contributed by atoms with van der Waals surface area (Å²) in [7, 11) is -6.01. The van der Waals surface area contributed by atoms with Gasteiger partial charge in [0.25, 0.3) is 9.84 Å². The van der Waals surface area contributed by atoms with Crippen LogP contribution < -0.4 is 0 Å². The predicted octanol–water partition coefficient (Wildman–Crippen LogP) is 2.77. The summed E-state index contributed by atoms with van der Waals surface area (Å²) in [4.78, 5) is 12.2. The van der Waals surface area contributed by atoms with Crippen LogP contribution in [0.1, 0.15) is 17.2 Å². The molecule has 2 rings (SSSR count). The van der Waals surface area contributed by atoms with Gasteiger partial charge in [-0.2, -0.15) is 13.2 Å². The second-order valence-electron chi connectivity index (χ2n) is 5.36. The highest BCUT2D eigenvalue weighted by atomic mass is 32.2. The van der Waals surface area contributed by atoms with Crippen LogP contribution in [0.25, 0.3) is 0 Å². The summed E-state index contributed by atoms with van der Waals surface area (Å²) in [5, 5.41) is 7.34. The summed E-state index contributed by atoms with van der Waals surface area (Å²) >= 11 is 0. The molecular weight excluding hydrogens is 373 g/mol. The first-order valence-electron chi connectivity index (χ1n) is 7.38. The van der Waals surface area contributed by atoms with Crippen molar-refractivity contribution in [2.24, 2.45) is 0 Å². The highest BCUT2D eigenvalue weighted by molar-refractivity contribution is 7.93. The van der Waals surface area contributed by atoms with E-state index in [1.165, 1.54) is 30.3 Å². The van der Waals surface area contributed by atoms with Crippen LogP contribution in [0.4, 0.5) is 13.2 Å². The van der Waals surface area contributed by atoms with Gasteiger partial charge < -0.3 is 9.84 Å². The number of carbonyl (C=O) groups is 1. The van der Waals surface area contributed by atoms with Crippen LogP contribution in [0.15, 0.2) is 60.7 Å². The molecule has 2 aromatic carbocycles. The van der Waals surface area contributed by atoms with Gasteiger partial charge in [-0.05, 0) is 11.1 Å². The predicted molar refractivity (Wildman–Crippen MR) is 86.4 cm³/mol. The second-order valence-corrected chi connectivity index (χ2v) is 7.42. The van der Waals surface area contributed by atoms with Gasteiger partial charge in [0.1, 0.15) is 12.7 Å². The number of hydrogen-bond donors (Lipinski definition) is 1. The number of rotatable bonds is 6. The monoisotopic (exact) mass is 388 g/mol. The van der Waals surface area contributed by atoms with Gasteiger partial charge in [0.15, 0.2) is 5.25 Å². The summed E-state index contributed by atoms with van der Waals surface area (Å²) in [6.07, 6.45) is -2.23. The Morgan fingerprint density at radius 2 is 1.50 bits per heavy atom. The molecule has 0 aliphatic rings. The van der Waals surface area contributed by atoms with Gasteiger partial charge >= 0.3 is 11.5 Å². The minimum Gasteiger partial charge on any atom is -0.460 e. The van der Waals surface area contributed by atoms with Crippen LogP contribution in [0.3, 0.4) is 0 Å². The zero-order valence-electron chi connectivity index (χ0n) is 13.3. The first-order valence-corrected chi connectivity index (χ1v) is 8.93. The Kier molecular flexibility index (Phi) is 6.04. The average Bonchev–Trinajstić information content (AvgIpc) is 2.60. The molecule has 0 saturated heterocycles. The van der Waals surface area contributed by atoms with Crippen LogP contribution in [0.2, 0.25) is 0 Å². The Bertz CT molecular complexity index is 836. The van der Waals surface area contributed by atoms with E-state index in [0.29, 0.717) is 5.56 Å². The lowest BCUT2D eigenvalue weighted by atomic mass is 10.1. The number of halogens is 3. The molecule has 140 valence electrons. The standard InChI is InChI=1S/C17H15F3O5S/c18-17(19,20)26(23,24)15(14(21)13-9-5-2-6-10-13)16(22)25-11-12-7-3-1-4-8-12/h1-10,14-15,21H,11H2/t14-,15-/m1/s1. The molecule has 2 aromatic rings. The molecule has 0 aromatic heterocycles. The Hall–Kier alpha value is -2.39. The lowest BCUT2D eigenvalue weighted by molar-refractivity contribution is -0.147. The van der Waals surface area contributed by atoms with Crippen molar-refractivity contribution in [1.82, 2.24) is 0 Å². The van der Waals surface area contributed by atoms with Gasteiger partial charge in [0, 0.05) is 0 Å². The van der Waals surface area contributed by atoms with Crippen molar-refractivity contribution in [3.05, 3.63) is 71.8 Å². The molecule has 26 heavy (non-hydrogen) atoms. The van der Waals surface area contributed by atoms with Gasteiger partial charge in [-0.15, -0.1) is 0 Å². The van der Waals surface area contributed by atoms with E-state index >= 15 is 0 Å². The third-order valence-corrected chi connectivity index (χ3v) is 5.31. The highest BCUT2D eigenvalue weighted by Crippen LogP contribution is 2.34. The zero-order valence-corrected chi connectivity index (χ0v) is 14.1. The van der Waals surface area contributed by atoms with Crippen LogP contribution in [0.5, 0.6) is 0 Å². The number of aliphatic hydroxyl groups is 1. The van der Waals surface area contributed by atoms with Crippen LogP contribution in [-0.2, 0) is 26.0 Å². The minimum atomic E-state index is -6.01. The third kappa shape index (κ3) is 4.41. The SMILES string of the molecule is O=C(OCc1ccccc1)[C@@H]([C@H](O)c1ccccc1)S(=O)(=O)C(F)(F)F. The number of alkyl halides is 3. The summed E-state index contributed by atoms with van der Waals surface area (Å²) in [6.45, 7) is -0.426. The number of esters is 1. The van der Waals surface area contributed by atoms with Crippen molar-refractivity contribution >= 4 is 15.8 Å². The second kappa shape index (κ2) is 7.88. The van der Waals surface area contributed by atoms with E-state index in [4.69, 9.17) is 4.74 Å². The summed E-state index contributed by atoms with van der Waals surface area (Å²) in [6, 6.07) is 14.8. The number of carbonyl (C=O) groups excluding carboxylic acids is 1. The topological polar surface area (TPSA) is 80.7 Å². The fourth-order valence-corrected chi connectivity index (χ4v) is 3.31. The molecule has 9 heteroatoms. The van der Waals surface area contributed by atoms with E-state index in [1.54, 1.807) is 30.3 Å². The number of hydrogen-bond acceptors (Lipinski definition) is 5. The Labute approximate surface area is 148 Å². The fraction of sp³-hybridized carbons (Fsp3) is 0.235. The van der Waals surface area contributed by atoms with Crippen molar-refractivity contribution in [2.75, 3.05) is 0 Å². The molecule has 1 N–H and O–H groups in total. The van der Waals surface area contributed by atoms with Crippen LogP contribution >= 0.6 is 0 Å². The maximum Gasteiger partial charge on any atom is 0.498 e. The Balaban J connectivity index is 2.32. The molecule has 0 heterocycles. The van der Waals surface area contributed by atoms with Crippen molar-refractivity contribution in [3.63, 3.8) is 0 Å². The molecule has 0 saturated carbocycles. The first-order chi connectivity index (χ1) is 12.1. The van der Waals surface area contributed by atoms with Crippen LogP contribution in [0, 0.1) is 0 Å². The summed E-state index contributed by atoms with van der Waals surface area (Å²) < 4.78 is 67.3. The lowest BCUT2D eigenvalue weighted by Gasteiger charge is -2.23. The van der Waals surface area contributed by atoms with Crippen molar-refractivity contribution < 1.29 is 36.2 Å². The lowest BCUT2D eigenvalue weighted by Crippen LogP contribution is -2.44. The molecule has 0 radical (unpaired) electrons. The molecule has 0 spiro atoms. The van der Waals surface area contributed by atoms with E-state index in [-0.39, 0.29) is 5.56 Å². The molecule has 5 nitrogen and oxygen atoms in total. The molecule has 0 fully saturated rings. The van der Waals surface area contributed by atoms with E-state index in [2.05, 4.69) is 0 Å². The quantitative estimate of drug-likeness (QED) is 0.770. The van der Waals surface area contributed by atoms with E-state index in [0.717, 1.165) is 0 Å². The first kappa shape index (κ1) is 19.9. The molecule has 2 atom stereocenters. The molecule has 0 bridgehead atoms.